The molecule has 0 aliphatic rings. The minimum Gasteiger partial charge on any atom is -0.379 e. The van der Waals surface area contributed by atoms with Gasteiger partial charge in [-0.05, 0) is 0 Å². The summed E-state index contributed by atoms with van der Waals surface area (Å²) < 4.78 is 4.88. The third-order valence-electron chi connectivity index (χ3n) is 0.620. The normalized spacial score (nSPS) is 8.50. The molecule has 0 aliphatic heterocycles. The molecule has 0 radical (unpaired) electrons. The van der Waals surface area contributed by atoms with Crippen LogP contribution in [-0.4, -0.2) is 19.8 Å². The fourth-order valence-electron chi connectivity index (χ4n) is 0.303. The van der Waals surface area contributed by atoms with Crippen molar-refractivity contribution in [3.8, 4) is 6.07 Å². The van der Waals surface area contributed by atoms with E-state index in [1.807, 2.05) is 6.07 Å². The Hall–Kier alpha value is -0.590. The lowest BCUT2D eigenvalue weighted by molar-refractivity contribution is 0.147. The first-order chi connectivity index (χ1) is 3.91. The molecule has 0 atom stereocenters. The maximum atomic E-state index is 8.00. The van der Waals surface area contributed by atoms with E-state index in [9.17, 15) is 0 Å². The summed E-state index contributed by atoms with van der Waals surface area (Å²) in [5.41, 5.74) is 5.10. The molecule has 3 heteroatoms. The molecule has 0 aliphatic carbocycles. The van der Waals surface area contributed by atoms with Crippen molar-refractivity contribution in [2.24, 2.45) is 5.73 Å². The Morgan fingerprint density at radius 1 is 1.50 bits per heavy atom. The van der Waals surface area contributed by atoms with E-state index in [4.69, 9.17) is 15.7 Å². The van der Waals surface area contributed by atoms with E-state index in [-0.39, 0.29) is 0 Å². The molecule has 0 heterocycles. The van der Waals surface area contributed by atoms with Crippen LogP contribution in [0.15, 0.2) is 0 Å². The van der Waals surface area contributed by atoms with Crippen molar-refractivity contribution < 1.29 is 4.74 Å². The van der Waals surface area contributed by atoms with E-state index in [0.29, 0.717) is 26.2 Å². The first-order valence-corrected chi connectivity index (χ1v) is 2.56. The van der Waals surface area contributed by atoms with E-state index >= 15 is 0 Å². The highest BCUT2D eigenvalue weighted by Gasteiger charge is 1.81. The maximum Gasteiger partial charge on any atom is 0.0645 e. The van der Waals surface area contributed by atoms with Crippen LogP contribution in [0.3, 0.4) is 0 Å². The molecule has 0 unspecified atom stereocenters. The summed E-state index contributed by atoms with van der Waals surface area (Å²) in [4.78, 5) is 0. The quantitative estimate of drug-likeness (QED) is 0.518. The Morgan fingerprint density at radius 3 is 2.75 bits per heavy atom. The van der Waals surface area contributed by atoms with Crippen LogP contribution in [0.1, 0.15) is 6.42 Å². The molecule has 0 aromatic rings. The predicted molar refractivity (Wildman–Crippen MR) is 30.1 cm³/mol. The molecule has 0 rings (SSSR count). The molecule has 0 amide bonds. The monoisotopic (exact) mass is 114 g/mol. The fourth-order valence-corrected chi connectivity index (χ4v) is 0.303. The van der Waals surface area contributed by atoms with Gasteiger partial charge >= 0.3 is 0 Å². The van der Waals surface area contributed by atoms with Gasteiger partial charge in [0, 0.05) is 6.54 Å². The summed E-state index contributed by atoms with van der Waals surface area (Å²) in [7, 11) is 0. The SMILES string of the molecule is N#CCCOCCN. The van der Waals surface area contributed by atoms with Gasteiger partial charge in [-0.1, -0.05) is 0 Å². The Morgan fingerprint density at radius 2 is 2.25 bits per heavy atom. The molecule has 0 saturated carbocycles. The molecule has 8 heavy (non-hydrogen) atoms. The largest absolute Gasteiger partial charge is 0.379 e. The molecule has 0 bridgehead atoms. The number of nitrogens with zero attached hydrogens (tertiary/aromatic N) is 1. The lowest BCUT2D eigenvalue weighted by Gasteiger charge is -1.94. The molecule has 0 aromatic carbocycles. The van der Waals surface area contributed by atoms with Crippen LogP contribution >= 0.6 is 0 Å². The first-order valence-electron chi connectivity index (χ1n) is 2.56. The highest BCUT2D eigenvalue weighted by Crippen LogP contribution is 1.76. The molecule has 0 fully saturated rings. The third kappa shape index (κ3) is 5.41. The number of hydrogen-bond acceptors (Lipinski definition) is 3. The van der Waals surface area contributed by atoms with Crippen LogP contribution in [0.5, 0.6) is 0 Å². The number of hydrogen-bond donors (Lipinski definition) is 1. The van der Waals surface area contributed by atoms with Crippen LogP contribution < -0.4 is 5.73 Å². The lowest BCUT2D eigenvalue weighted by atomic mass is 10.5. The van der Waals surface area contributed by atoms with Gasteiger partial charge in [0.1, 0.15) is 0 Å². The van der Waals surface area contributed by atoms with Crippen molar-refractivity contribution >= 4 is 0 Å². The van der Waals surface area contributed by atoms with Crippen molar-refractivity contribution in [2.75, 3.05) is 19.8 Å². The molecular weight excluding hydrogens is 104 g/mol. The van der Waals surface area contributed by atoms with Crippen LogP contribution in [0.4, 0.5) is 0 Å². The zero-order chi connectivity index (χ0) is 6.24. The summed E-state index contributed by atoms with van der Waals surface area (Å²) in [5.74, 6) is 0. The summed E-state index contributed by atoms with van der Waals surface area (Å²) in [6.07, 6.45) is 0.458. The van der Waals surface area contributed by atoms with Crippen LogP contribution in [-0.2, 0) is 4.74 Å². The van der Waals surface area contributed by atoms with Gasteiger partial charge < -0.3 is 10.5 Å². The van der Waals surface area contributed by atoms with Crippen LogP contribution in [0.2, 0.25) is 0 Å². The van der Waals surface area contributed by atoms with Gasteiger partial charge in [0.15, 0.2) is 0 Å². The van der Waals surface area contributed by atoms with Gasteiger partial charge in [-0.25, -0.2) is 0 Å². The summed E-state index contributed by atoms with van der Waals surface area (Å²) >= 11 is 0. The highest BCUT2D eigenvalue weighted by molar-refractivity contribution is 4.66. The summed E-state index contributed by atoms with van der Waals surface area (Å²) in [6.45, 7) is 1.60. The highest BCUT2D eigenvalue weighted by atomic mass is 16.5. The van der Waals surface area contributed by atoms with Crippen molar-refractivity contribution in [3.05, 3.63) is 0 Å². The molecule has 46 valence electrons. The minimum absolute atomic E-state index is 0.458. The van der Waals surface area contributed by atoms with Gasteiger partial charge in [0.05, 0.1) is 25.7 Å². The molecule has 0 aromatic heterocycles. The molecule has 0 spiro atoms. The lowest BCUT2D eigenvalue weighted by Crippen LogP contribution is -2.08. The van der Waals surface area contributed by atoms with Gasteiger partial charge in [0.2, 0.25) is 0 Å². The van der Waals surface area contributed by atoms with Crippen molar-refractivity contribution in [1.82, 2.24) is 0 Å². The van der Waals surface area contributed by atoms with E-state index in [2.05, 4.69) is 0 Å². The number of rotatable bonds is 4. The average Bonchev–Trinajstić information content (AvgIpc) is 1.81. The summed E-state index contributed by atoms with van der Waals surface area (Å²) in [5, 5.41) is 8.00. The smallest absolute Gasteiger partial charge is 0.0645 e. The molecular formula is C5H10N2O. The second-order valence-corrected chi connectivity index (χ2v) is 1.31. The topological polar surface area (TPSA) is 59.0 Å². The van der Waals surface area contributed by atoms with E-state index < -0.39 is 0 Å². The van der Waals surface area contributed by atoms with E-state index in [0.717, 1.165) is 0 Å². The second kappa shape index (κ2) is 6.41. The zero-order valence-electron chi connectivity index (χ0n) is 4.76. The molecule has 3 nitrogen and oxygen atoms in total. The van der Waals surface area contributed by atoms with E-state index in [1.165, 1.54) is 0 Å². The van der Waals surface area contributed by atoms with Crippen molar-refractivity contribution in [3.63, 3.8) is 0 Å². The molecule has 2 N–H and O–H groups in total. The first kappa shape index (κ1) is 7.41. The Balaban J connectivity index is 2.65. The third-order valence-corrected chi connectivity index (χ3v) is 0.620. The minimum atomic E-state index is 0.458. The zero-order valence-corrected chi connectivity index (χ0v) is 4.76. The number of ether oxygens (including phenoxy) is 1. The average molecular weight is 114 g/mol. The van der Waals surface area contributed by atoms with E-state index in [1.54, 1.807) is 0 Å². The Labute approximate surface area is 49.0 Å². The summed E-state index contributed by atoms with van der Waals surface area (Å²) in [6, 6.07) is 1.96. The Kier molecular flexibility index (Phi) is 5.94. The maximum absolute atomic E-state index is 8.00. The van der Waals surface area contributed by atoms with Crippen molar-refractivity contribution in [1.29, 1.82) is 5.26 Å². The van der Waals surface area contributed by atoms with Crippen LogP contribution in [0.25, 0.3) is 0 Å². The van der Waals surface area contributed by atoms with Gasteiger partial charge in [0.25, 0.3) is 0 Å². The van der Waals surface area contributed by atoms with Gasteiger partial charge in [-0.2, -0.15) is 5.26 Å². The van der Waals surface area contributed by atoms with Gasteiger partial charge in [-0.3, -0.25) is 0 Å². The Bertz CT molecular complexity index is 77.0. The standard InChI is InChI=1S/C5H10N2O/c6-2-1-4-8-5-3-7/h1,3-5,7H2. The van der Waals surface area contributed by atoms with Crippen LogP contribution in [0, 0.1) is 11.3 Å². The predicted octanol–water partition coefficient (Wildman–Crippen LogP) is -0.125. The second-order valence-electron chi connectivity index (χ2n) is 1.31. The number of nitriles is 1. The fraction of sp³-hybridized carbons (Fsp3) is 0.800. The van der Waals surface area contributed by atoms with Gasteiger partial charge in [-0.15, -0.1) is 0 Å². The number of nitrogens with two attached hydrogens (primary N) is 1. The van der Waals surface area contributed by atoms with Crippen molar-refractivity contribution in [2.45, 2.75) is 6.42 Å². The molecule has 0 saturated heterocycles.